The van der Waals surface area contributed by atoms with Crippen LogP contribution >= 0.6 is 0 Å². The molecule has 0 bridgehead atoms. The van der Waals surface area contributed by atoms with Crippen LogP contribution in [0.5, 0.6) is 0 Å². The van der Waals surface area contributed by atoms with E-state index in [9.17, 15) is 14.4 Å². The van der Waals surface area contributed by atoms with Crippen LogP contribution in [0.4, 0.5) is 4.79 Å². The highest BCUT2D eigenvalue weighted by molar-refractivity contribution is 5.80. The van der Waals surface area contributed by atoms with Crippen molar-refractivity contribution in [3.05, 3.63) is 176 Å². The van der Waals surface area contributed by atoms with Crippen LogP contribution in [0.25, 0.3) is 22.1 Å². The number of aromatic amines is 2. The smallest absolute Gasteiger partial charge is 0.410 e. The largest absolute Gasteiger partial charge is 0.444 e. The Kier molecular flexibility index (Phi) is 12.7. The zero-order chi connectivity index (χ0) is 39.7. The van der Waals surface area contributed by atoms with Gasteiger partial charge in [0.05, 0.1) is 35.2 Å². The van der Waals surface area contributed by atoms with Crippen LogP contribution < -0.4 is 11.4 Å². The lowest BCUT2D eigenvalue weighted by atomic mass is 10.1. The molecule has 0 aliphatic rings. The number of benzene rings is 5. The second-order valence-electron chi connectivity index (χ2n) is 15.3. The van der Waals surface area contributed by atoms with E-state index in [2.05, 4.69) is 52.2 Å². The number of imidazole rings is 2. The van der Waals surface area contributed by atoms with E-state index in [0.29, 0.717) is 26.1 Å². The second kappa shape index (κ2) is 18.0. The van der Waals surface area contributed by atoms with Crippen LogP contribution in [0.3, 0.4) is 0 Å². The van der Waals surface area contributed by atoms with Gasteiger partial charge in [0, 0.05) is 26.7 Å². The maximum atomic E-state index is 12.6. The lowest BCUT2D eigenvalue weighted by Gasteiger charge is -2.24. The normalized spacial score (nSPS) is 11.5. The molecule has 290 valence electrons. The molecule has 0 saturated heterocycles. The summed E-state index contributed by atoms with van der Waals surface area (Å²) in [6.45, 7) is 8.99. The number of nitrogens with zero attached hydrogens (tertiary/aromatic N) is 4. The van der Waals surface area contributed by atoms with Crippen LogP contribution in [0, 0.1) is 0 Å². The van der Waals surface area contributed by atoms with Gasteiger partial charge in [0.1, 0.15) is 5.60 Å². The van der Waals surface area contributed by atoms with Gasteiger partial charge in [-0.15, -0.1) is 0 Å². The Morgan fingerprint density at radius 3 is 1.46 bits per heavy atom. The summed E-state index contributed by atoms with van der Waals surface area (Å²) in [6.07, 6.45) is 1.17. The fraction of sp³-hybridized carbons (Fsp3) is 0.283. The molecule has 0 unspecified atom stereocenters. The van der Waals surface area contributed by atoms with Crippen molar-refractivity contribution in [2.45, 2.75) is 58.8 Å². The lowest BCUT2D eigenvalue weighted by Crippen LogP contribution is -2.35. The molecule has 10 heteroatoms. The summed E-state index contributed by atoms with van der Waals surface area (Å²) < 4.78 is 8.95. The minimum absolute atomic E-state index is 0.0519. The van der Waals surface area contributed by atoms with Gasteiger partial charge in [0.25, 0.3) is 0 Å². The van der Waals surface area contributed by atoms with Crippen molar-refractivity contribution in [3.8, 4) is 0 Å². The average Bonchev–Trinajstić information content (AvgIpc) is 3.68. The van der Waals surface area contributed by atoms with Crippen LogP contribution in [-0.4, -0.2) is 67.8 Å². The van der Waals surface area contributed by atoms with Gasteiger partial charge in [0.2, 0.25) is 0 Å². The van der Waals surface area contributed by atoms with Gasteiger partial charge in [-0.25, -0.2) is 14.4 Å². The molecule has 1 amide bonds. The summed E-state index contributed by atoms with van der Waals surface area (Å²) in [6, 6.07) is 42.5. The minimum atomic E-state index is -0.523. The Bertz CT molecular complexity index is 2460. The Morgan fingerprint density at radius 2 is 1.02 bits per heavy atom. The Labute approximate surface area is 328 Å². The molecule has 5 aromatic carbocycles. The quantitative estimate of drug-likeness (QED) is 0.132. The zero-order valence-corrected chi connectivity index (χ0v) is 33.0. The van der Waals surface area contributed by atoms with Crippen molar-refractivity contribution in [2.75, 3.05) is 27.2 Å². The van der Waals surface area contributed by atoms with E-state index >= 15 is 0 Å². The molecule has 0 atom stereocenters. The van der Waals surface area contributed by atoms with Gasteiger partial charge < -0.3 is 24.5 Å². The molecule has 2 aromatic heterocycles. The summed E-state index contributed by atoms with van der Waals surface area (Å²) in [5.74, 6) is 0. The molecule has 2 N–H and O–H groups in total. The Hall–Kier alpha value is -6.13. The van der Waals surface area contributed by atoms with Crippen LogP contribution in [-0.2, 0) is 37.2 Å². The first kappa shape index (κ1) is 39.6. The van der Waals surface area contributed by atoms with Gasteiger partial charge in [-0.1, -0.05) is 115 Å². The van der Waals surface area contributed by atoms with Gasteiger partial charge in [-0.05, 0) is 80.6 Å². The fourth-order valence-electron chi connectivity index (χ4n) is 6.75. The first-order valence-corrected chi connectivity index (χ1v) is 19.1. The highest BCUT2D eigenvalue weighted by atomic mass is 16.6. The number of carbonyl (C=O) groups excluding carboxylic acids is 1. The molecule has 0 spiro atoms. The summed E-state index contributed by atoms with van der Waals surface area (Å²) in [4.78, 5) is 47.2. The molecule has 0 aliphatic carbocycles. The number of nitrogens with one attached hydrogen (secondary N) is 2. The molecular formula is C46H52N6O4. The number of hydrogen-bond acceptors (Lipinski definition) is 5. The number of fused-ring (bicyclic) bond motifs is 2. The number of likely N-dealkylation sites (N-methyl/N-ethyl adjacent to an activating group) is 2. The second-order valence-corrected chi connectivity index (χ2v) is 15.3. The topological polar surface area (TPSA) is 108 Å². The van der Waals surface area contributed by atoms with Crippen molar-refractivity contribution in [3.63, 3.8) is 0 Å². The van der Waals surface area contributed by atoms with Crippen molar-refractivity contribution >= 4 is 28.2 Å². The number of ether oxygens (including phenoxy) is 1. The predicted octanol–water partition coefficient (Wildman–Crippen LogP) is 7.84. The third-order valence-electron chi connectivity index (χ3n) is 9.64. The number of H-pyrrole nitrogens is 2. The Balaban J connectivity index is 0.000000190. The number of aromatic nitrogens is 4. The Morgan fingerprint density at radius 1 is 0.589 bits per heavy atom. The van der Waals surface area contributed by atoms with Gasteiger partial charge in [-0.2, -0.15) is 0 Å². The van der Waals surface area contributed by atoms with E-state index in [1.807, 2.05) is 122 Å². The number of para-hydroxylation sites is 2. The van der Waals surface area contributed by atoms with E-state index in [1.165, 1.54) is 11.1 Å². The number of amides is 1. The lowest BCUT2D eigenvalue weighted by molar-refractivity contribution is 0.0301. The summed E-state index contributed by atoms with van der Waals surface area (Å²) in [7, 11) is 3.86. The third kappa shape index (κ3) is 10.3. The zero-order valence-electron chi connectivity index (χ0n) is 33.0. The van der Waals surface area contributed by atoms with Crippen molar-refractivity contribution < 1.29 is 9.53 Å². The summed E-state index contributed by atoms with van der Waals surface area (Å²) in [5.41, 5.74) is 8.59. The molecule has 7 aromatic rings. The number of carbonyl (C=O) groups is 1. The van der Waals surface area contributed by atoms with E-state index in [0.717, 1.165) is 58.3 Å². The average molecular weight is 753 g/mol. The van der Waals surface area contributed by atoms with Crippen molar-refractivity contribution in [2.24, 2.45) is 0 Å². The first-order valence-electron chi connectivity index (χ1n) is 19.1. The van der Waals surface area contributed by atoms with Crippen molar-refractivity contribution in [1.29, 1.82) is 0 Å². The highest BCUT2D eigenvalue weighted by Gasteiger charge is 2.20. The number of hydrogen-bond donors (Lipinski definition) is 2. The molecule has 10 nitrogen and oxygen atoms in total. The standard InChI is InChI=1S/C24H25N3O.C22H27N3O3/c1-26(17-19-9-4-2-5-10-19)16-15-21-13-8-14-22-23(21)25-24(28)27(22)18-20-11-6-3-7-12-20;1-22(2,3)28-21(27)24(4)14-13-17-11-8-12-18-19(17)23-20(26)25(18)15-16-9-6-5-7-10-16/h2-14H,15-18H2,1H3,(H,25,28);5-12H,13-15H2,1-4H3,(H,23,26). The van der Waals surface area contributed by atoms with Crippen LogP contribution in [0.1, 0.15) is 48.6 Å². The summed E-state index contributed by atoms with van der Waals surface area (Å²) in [5, 5.41) is 0. The van der Waals surface area contributed by atoms with E-state index in [4.69, 9.17) is 4.74 Å². The van der Waals surface area contributed by atoms with Crippen LogP contribution in [0.15, 0.2) is 137 Å². The first-order chi connectivity index (χ1) is 26.9. The highest BCUT2D eigenvalue weighted by Crippen LogP contribution is 2.20. The molecule has 2 heterocycles. The molecular weight excluding hydrogens is 701 g/mol. The van der Waals surface area contributed by atoms with Gasteiger partial charge in [0.15, 0.2) is 0 Å². The SMILES string of the molecule is CN(CCc1cccc2c1[nH]c(=O)n2Cc1ccccc1)C(=O)OC(C)(C)C.CN(CCc1cccc2c1[nH]c(=O)n2Cc1ccccc1)Cc1ccccc1. The molecule has 0 radical (unpaired) electrons. The maximum absolute atomic E-state index is 12.6. The molecule has 0 saturated carbocycles. The molecule has 0 fully saturated rings. The van der Waals surface area contributed by atoms with E-state index in [-0.39, 0.29) is 17.5 Å². The van der Waals surface area contributed by atoms with Gasteiger partial charge in [-0.3, -0.25) is 9.13 Å². The molecule has 7 rings (SSSR count). The van der Waals surface area contributed by atoms with Gasteiger partial charge >= 0.3 is 17.5 Å². The predicted molar refractivity (Wildman–Crippen MR) is 225 cm³/mol. The summed E-state index contributed by atoms with van der Waals surface area (Å²) >= 11 is 0. The third-order valence-corrected chi connectivity index (χ3v) is 9.64. The van der Waals surface area contributed by atoms with E-state index in [1.54, 1.807) is 16.5 Å². The van der Waals surface area contributed by atoms with Crippen molar-refractivity contribution in [1.82, 2.24) is 28.9 Å². The fourth-order valence-corrected chi connectivity index (χ4v) is 6.75. The van der Waals surface area contributed by atoms with E-state index < -0.39 is 5.60 Å². The van der Waals surface area contributed by atoms with Crippen LogP contribution in [0.2, 0.25) is 0 Å². The maximum Gasteiger partial charge on any atom is 0.410 e. The monoisotopic (exact) mass is 752 g/mol. The minimum Gasteiger partial charge on any atom is -0.444 e. The number of rotatable bonds is 12. The molecule has 56 heavy (non-hydrogen) atoms. The molecule has 0 aliphatic heterocycles.